The minimum absolute atomic E-state index is 0.250. The van der Waals surface area contributed by atoms with Gasteiger partial charge in [-0.25, -0.2) is 0 Å². The number of rotatable bonds is 4. The third kappa shape index (κ3) is 3.28. The molecule has 19 heavy (non-hydrogen) atoms. The van der Waals surface area contributed by atoms with Crippen LogP contribution in [0.3, 0.4) is 0 Å². The molecular formula is C14H16N4O. The van der Waals surface area contributed by atoms with Crippen LogP contribution in [0.4, 0.5) is 11.5 Å². The van der Waals surface area contributed by atoms with Gasteiger partial charge in [-0.15, -0.1) is 10.2 Å². The predicted molar refractivity (Wildman–Crippen MR) is 74.8 cm³/mol. The lowest BCUT2D eigenvalue weighted by Gasteiger charge is -2.09. The number of anilines is 2. The molecule has 0 spiro atoms. The molecule has 5 nitrogen and oxygen atoms in total. The van der Waals surface area contributed by atoms with Crippen molar-refractivity contribution in [3.63, 3.8) is 0 Å². The number of carbonyl (C=O) groups excluding carboxylic acids is 1. The molecule has 1 aromatic heterocycles. The van der Waals surface area contributed by atoms with Crippen LogP contribution in [0.15, 0.2) is 36.4 Å². The van der Waals surface area contributed by atoms with Crippen molar-refractivity contribution in [1.29, 1.82) is 0 Å². The van der Waals surface area contributed by atoms with E-state index in [4.69, 9.17) is 5.73 Å². The number of nitrogens with zero attached hydrogens (tertiary/aromatic N) is 2. The summed E-state index contributed by atoms with van der Waals surface area (Å²) in [5.74, 6) is 0.0130. The molecule has 1 heterocycles. The van der Waals surface area contributed by atoms with E-state index in [1.807, 2.05) is 24.3 Å². The van der Waals surface area contributed by atoms with Gasteiger partial charge in [0, 0.05) is 5.69 Å². The highest BCUT2D eigenvalue weighted by Crippen LogP contribution is 2.17. The van der Waals surface area contributed by atoms with E-state index in [1.54, 1.807) is 12.1 Å². The van der Waals surface area contributed by atoms with Gasteiger partial charge in [-0.05, 0) is 30.2 Å². The fraction of sp³-hybridized carbons (Fsp3) is 0.214. The van der Waals surface area contributed by atoms with Crippen LogP contribution in [0, 0.1) is 0 Å². The normalized spacial score (nSPS) is 10.2. The van der Waals surface area contributed by atoms with Gasteiger partial charge in [0.15, 0.2) is 5.69 Å². The van der Waals surface area contributed by atoms with Crippen molar-refractivity contribution in [2.75, 3.05) is 11.1 Å². The summed E-state index contributed by atoms with van der Waals surface area (Å²) in [5, 5.41) is 10.3. The van der Waals surface area contributed by atoms with Gasteiger partial charge in [0.25, 0.3) is 5.91 Å². The van der Waals surface area contributed by atoms with Gasteiger partial charge in [0.1, 0.15) is 5.82 Å². The molecule has 0 fully saturated rings. The van der Waals surface area contributed by atoms with Crippen LogP contribution >= 0.6 is 0 Å². The van der Waals surface area contributed by atoms with Crippen molar-refractivity contribution in [2.24, 2.45) is 0 Å². The Balaban J connectivity index is 2.16. The molecular weight excluding hydrogens is 240 g/mol. The van der Waals surface area contributed by atoms with Crippen LogP contribution in [-0.2, 0) is 6.42 Å². The molecule has 0 bridgehead atoms. The predicted octanol–water partition coefficient (Wildman–Crippen LogP) is 2.26. The summed E-state index contributed by atoms with van der Waals surface area (Å²) >= 11 is 0. The topological polar surface area (TPSA) is 80.9 Å². The van der Waals surface area contributed by atoms with Gasteiger partial charge < -0.3 is 11.1 Å². The van der Waals surface area contributed by atoms with Gasteiger partial charge in [0.05, 0.1) is 0 Å². The molecule has 0 saturated heterocycles. The molecule has 0 aliphatic heterocycles. The largest absolute Gasteiger partial charge is 0.382 e. The first-order valence-corrected chi connectivity index (χ1v) is 6.19. The number of hydrogen-bond acceptors (Lipinski definition) is 4. The highest BCUT2D eigenvalue weighted by molar-refractivity contribution is 6.03. The zero-order valence-electron chi connectivity index (χ0n) is 10.8. The molecule has 5 heteroatoms. The van der Waals surface area contributed by atoms with Crippen molar-refractivity contribution in [2.45, 2.75) is 19.8 Å². The highest BCUT2D eigenvalue weighted by Gasteiger charge is 2.10. The first-order chi connectivity index (χ1) is 9.20. The molecule has 0 radical (unpaired) electrons. The zero-order valence-corrected chi connectivity index (χ0v) is 10.8. The molecule has 2 aromatic rings. The molecule has 1 aromatic carbocycles. The summed E-state index contributed by atoms with van der Waals surface area (Å²) in [6, 6.07) is 10.9. The lowest BCUT2D eigenvalue weighted by atomic mass is 10.1. The van der Waals surface area contributed by atoms with Crippen LogP contribution < -0.4 is 11.1 Å². The van der Waals surface area contributed by atoms with Crippen molar-refractivity contribution in [3.05, 3.63) is 47.7 Å². The third-order valence-corrected chi connectivity index (χ3v) is 2.70. The van der Waals surface area contributed by atoms with Gasteiger partial charge in [-0.3, -0.25) is 4.79 Å². The van der Waals surface area contributed by atoms with E-state index in [2.05, 4.69) is 22.4 Å². The Kier molecular flexibility index (Phi) is 4.07. The second kappa shape index (κ2) is 5.95. The number of para-hydroxylation sites is 1. The highest BCUT2D eigenvalue weighted by atomic mass is 16.1. The smallest absolute Gasteiger partial charge is 0.276 e. The molecule has 0 aliphatic carbocycles. The standard InChI is InChI=1S/C14H16N4O/c1-2-5-10-6-3-4-7-11(10)16-14(19)12-8-9-13(15)18-17-12/h3-4,6-9H,2,5H2,1H3,(H2,15,18)(H,16,19). The summed E-state index contributed by atoms with van der Waals surface area (Å²) < 4.78 is 0. The maximum Gasteiger partial charge on any atom is 0.276 e. The Morgan fingerprint density at radius 1 is 1.21 bits per heavy atom. The number of hydrogen-bond donors (Lipinski definition) is 2. The molecule has 3 N–H and O–H groups in total. The number of benzene rings is 1. The minimum Gasteiger partial charge on any atom is -0.382 e. The average molecular weight is 256 g/mol. The van der Waals surface area contributed by atoms with Crippen LogP contribution in [0.25, 0.3) is 0 Å². The van der Waals surface area contributed by atoms with Crippen molar-refractivity contribution in [1.82, 2.24) is 10.2 Å². The quantitative estimate of drug-likeness (QED) is 0.879. The summed E-state index contributed by atoms with van der Waals surface area (Å²) in [6.07, 6.45) is 1.94. The number of nitrogen functional groups attached to an aromatic ring is 1. The summed E-state index contributed by atoms with van der Waals surface area (Å²) in [6.45, 7) is 2.10. The monoisotopic (exact) mass is 256 g/mol. The Hall–Kier alpha value is -2.43. The van der Waals surface area contributed by atoms with E-state index >= 15 is 0 Å². The van der Waals surface area contributed by atoms with Crippen LogP contribution in [0.5, 0.6) is 0 Å². The number of nitrogens with two attached hydrogens (primary N) is 1. The van der Waals surface area contributed by atoms with Crippen LogP contribution in [-0.4, -0.2) is 16.1 Å². The Morgan fingerprint density at radius 3 is 2.68 bits per heavy atom. The van der Waals surface area contributed by atoms with Gasteiger partial charge >= 0.3 is 0 Å². The number of nitrogens with one attached hydrogen (secondary N) is 1. The molecule has 0 aliphatic rings. The molecule has 0 saturated carbocycles. The van der Waals surface area contributed by atoms with Crippen molar-refractivity contribution >= 4 is 17.4 Å². The summed E-state index contributed by atoms with van der Waals surface area (Å²) in [4.78, 5) is 12.0. The minimum atomic E-state index is -0.281. The van der Waals surface area contributed by atoms with Crippen molar-refractivity contribution in [3.8, 4) is 0 Å². The van der Waals surface area contributed by atoms with Gasteiger partial charge in [0.2, 0.25) is 0 Å². The van der Waals surface area contributed by atoms with Gasteiger partial charge in [-0.2, -0.15) is 0 Å². The maximum absolute atomic E-state index is 12.0. The van der Waals surface area contributed by atoms with E-state index in [-0.39, 0.29) is 11.6 Å². The fourth-order valence-corrected chi connectivity index (χ4v) is 1.78. The van der Waals surface area contributed by atoms with E-state index in [0.717, 1.165) is 24.1 Å². The molecule has 0 atom stereocenters. The number of aryl methyl sites for hydroxylation is 1. The van der Waals surface area contributed by atoms with E-state index in [9.17, 15) is 4.79 Å². The molecule has 98 valence electrons. The molecule has 1 amide bonds. The Morgan fingerprint density at radius 2 is 2.00 bits per heavy atom. The second-order valence-corrected chi connectivity index (χ2v) is 4.20. The number of aromatic nitrogens is 2. The first kappa shape index (κ1) is 13.0. The Labute approximate surface area is 111 Å². The van der Waals surface area contributed by atoms with E-state index in [1.165, 1.54) is 0 Å². The summed E-state index contributed by atoms with van der Waals surface area (Å²) in [5.41, 5.74) is 7.61. The lowest BCUT2D eigenvalue weighted by Crippen LogP contribution is -2.15. The first-order valence-electron chi connectivity index (χ1n) is 6.19. The van der Waals surface area contributed by atoms with Gasteiger partial charge in [-0.1, -0.05) is 31.5 Å². The van der Waals surface area contributed by atoms with Crippen LogP contribution in [0.2, 0.25) is 0 Å². The van der Waals surface area contributed by atoms with Crippen molar-refractivity contribution < 1.29 is 4.79 Å². The Bertz CT molecular complexity index is 566. The number of carbonyl (C=O) groups is 1. The summed E-state index contributed by atoms with van der Waals surface area (Å²) in [7, 11) is 0. The average Bonchev–Trinajstić information content (AvgIpc) is 2.42. The number of amides is 1. The lowest BCUT2D eigenvalue weighted by molar-refractivity contribution is 0.102. The molecule has 2 rings (SSSR count). The fourth-order valence-electron chi connectivity index (χ4n) is 1.78. The second-order valence-electron chi connectivity index (χ2n) is 4.20. The SMILES string of the molecule is CCCc1ccccc1NC(=O)c1ccc(N)nn1. The van der Waals surface area contributed by atoms with Crippen LogP contribution in [0.1, 0.15) is 29.4 Å². The third-order valence-electron chi connectivity index (χ3n) is 2.70. The molecule has 0 unspecified atom stereocenters. The van der Waals surface area contributed by atoms with E-state index in [0.29, 0.717) is 5.82 Å². The van der Waals surface area contributed by atoms with E-state index < -0.39 is 0 Å². The zero-order chi connectivity index (χ0) is 13.7. The maximum atomic E-state index is 12.0.